The van der Waals surface area contributed by atoms with Gasteiger partial charge in [-0.25, -0.2) is 0 Å². The van der Waals surface area contributed by atoms with Gasteiger partial charge in [-0.2, -0.15) is 0 Å². The second kappa shape index (κ2) is 7.33. The Kier molecular flexibility index (Phi) is 5.78. The number of ether oxygens (including phenoxy) is 1. The quantitative estimate of drug-likeness (QED) is 0.348. The zero-order valence-electron chi connectivity index (χ0n) is 12.2. The zero-order chi connectivity index (χ0) is 16.0. The van der Waals surface area contributed by atoms with Crippen LogP contribution >= 0.6 is 0 Å². The maximum atomic E-state index is 11.9. The van der Waals surface area contributed by atoms with Crippen molar-refractivity contribution in [3.05, 3.63) is 45.5 Å². The molecule has 0 amide bonds. The van der Waals surface area contributed by atoms with Crippen LogP contribution in [0.15, 0.2) is 29.8 Å². The van der Waals surface area contributed by atoms with Crippen LogP contribution in [0.4, 0.5) is 5.69 Å². The molecule has 0 radical (unpaired) electrons. The summed E-state index contributed by atoms with van der Waals surface area (Å²) in [6.45, 7) is 4.60. The smallest absolute Gasteiger partial charge is 0.302 e. The number of non-ortho nitro benzene ring substituents is 1. The van der Waals surface area contributed by atoms with Gasteiger partial charge in [-0.15, -0.1) is 0 Å². The minimum absolute atomic E-state index is 0.000361. The number of nitro groups is 1. The van der Waals surface area contributed by atoms with E-state index in [-0.39, 0.29) is 17.9 Å². The molecule has 1 atom stereocenters. The van der Waals surface area contributed by atoms with Gasteiger partial charge in [0.1, 0.15) is 6.10 Å². The molecule has 0 heterocycles. The number of carbonyl (C=O) groups is 2. The van der Waals surface area contributed by atoms with Gasteiger partial charge in [0.05, 0.1) is 4.92 Å². The van der Waals surface area contributed by atoms with Crippen molar-refractivity contribution in [2.45, 2.75) is 33.3 Å². The molecule has 6 nitrogen and oxygen atoms in total. The number of allylic oxidation sites excluding steroid dienone is 1. The maximum Gasteiger partial charge on any atom is 0.302 e. The monoisotopic (exact) mass is 291 g/mol. The van der Waals surface area contributed by atoms with Gasteiger partial charge in [0.2, 0.25) is 0 Å². The van der Waals surface area contributed by atoms with Gasteiger partial charge < -0.3 is 4.74 Å². The van der Waals surface area contributed by atoms with Crippen LogP contribution in [-0.4, -0.2) is 22.8 Å². The third-order valence-corrected chi connectivity index (χ3v) is 2.77. The molecule has 0 bridgehead atoms. The van der Waals surface area contributed by atoms with E-state index in [9.17, 15) is 19.7 Å². The number of ketones is 1. The third-order valence-electron chi connectivity index (χ3n) is 2.77. The first-order valence-corrected chi connectivity index (χ1v) is 6.42. The Morgan fingerprint density at radius 1 is 1.29 bits per heavy atom. The molecule has 0 aliphatic rings. The van der Waals surface area contributed by atoms with E-state index in [1.165, 1.54) is 19.1 Å². The molecule has 0 saturated heterocycles. The van der Waals surface area contributed by atoms with E-state index < -0.39 is 17.0 Å². The molecule has 21 heavy (non-hydrogen) atoms. The number of hydrogen-bond donors (Lipinski definition) is 0. The lowest BCUT2D eigenvalue weighted by molar-refractivity contribution is -0.384. The van der Waals surface area contributed by atoms with E-state index in [1.807, 2.05) is 0 Å². The summed E-state index contributed by atoms with van der Waals surface area (Å²) in [4.78, 5) is 32.8. The number of carbonyl (C=O) groups excluding carboxylic acids is 2. The third kappa shape index (κ3) is 5.56. The van der Waals surface area contributed by atoms with E-state index in [0.29, 0.717) is 11.1 Å². The Labute approximate surface area is 122 Å². The molecule has 112 valence electrons. The Bertz CT molecular complexity index is 574. The maximum absolute atomic E-state index is 11.9. The van der Waals surface area contributed by atoms with Gasteiger partial charge >= 0.3 is 5.97 Å². The zero-order valence-corrected chi connectivity index (χ0v) is 12.2. The van der Waals surface area contributed by atoms with Crippen LogP contribution in [0.3, 0.4) is 0 Å². The number of nitro benzene ring substituents is 1. The average Bonchev–Trinajstić information content (AvgIpc) is 2.38. The fourth-order valence-electron chi connectivity index (χ4n) is 1.77. The average molecular weight is 291 g/mol. The van der Waals surface area contributed by atoms with Gasteiger partial charge in [-0.1, -0.05) is 0 Å². The SMILES string of the molecule is CC(=O)OC(C)CC(=O)/C(C)=C/c1ccc([N+](=O)[O-])cc1. The normalized spacial score (nSPS) is 12.6. The number of nitrogens with zero attached hydrogens (tertiary/aromatic N) is 1. The van der Waals surface area contributed by atoms with Gasteiger partial charge in [0.15, 0.2) is 5.78 Å². The molecule has 0 N–H and O–H groups in total. The summed E-state index contributed by atoms with van der Waals surface area (Å²) < 4.78 is 4.90. The van der Waals surface area contributed by atoms with E-state index >= 15 is 0 Å². The first-order chi connectivity index (χ1) is 9.79. The van der Waals surface area contributed by atoms with Crippen molar-refractivity contribution in [1.29, 1.82) is 0 Å². The van der Waals surface area contributed by atoms with Gasteiger partial charge in [-0.05, 0) is 43.2 Å². The minimum atomic E-state index is -0.480. The molecule has 1 aromatic carbocycles. The van der Waals surface area contributed by atoms with Crippen LogP contribution in [0.5, 0.6) is 0 Å². The first kappa shape index (κ1) is 16.6. The topological polar surface area (TPSA) is 86.5 Å². The predicted octanol–water partition coefficient (Wildman–Crippen LogP) is 2.91. The van der Waals surface area contributed by atoms with Crippen molar-refractivity contribution < 1.29 is 19.2 Å². The molecule has 1 unspecified atom stereocenters. The first-order valence-electron chi connectivity index (χ1n) is 6.42. The summed E-state index contributed by atoms with van der Waals surface area (Å²) in [5.41, 5.74) is 1.20. The number of hydrogen-bond acceptors (Lipinski definition) is 5. The fourth-order valence-corrected chi connectivity index (χ4v) is 1.77. The Morgan fingerprint density at radius 3 is 2.33 bits per heavy atom. The highest BCUT2D eigenvalue weighted by Gasteiger charge is 2.13. The van der Waals surface area contributed by atoms with E-state index in [4.69, 9.17) is 4.74 Å². The highest BCUT2D eigenvalue weighted by Crippen LogP contribution is 2.15. The van der Waals surface area contributed by atoms with Crippen molar-refractivity contribution in [3.8, 4) is 0 Å². The minimum Gasteiger partial charge on any atom is -0.462 e. The second-order valence-corrected chi connectivity index (χ2v) is 4.72. The summed E-state index contributed by atoms with van der Waals surface area (Å²) >= 11 is 0. The summed E-state index contributed by atoms with van der Waals surface area (Å²) in [7, 11) is 0. The molecule has 1 rings (SSSR count). The van der Waals surface area contributed by atoms with Crippen molar-refractivity contribution in [3.63, 3.8) is 0 Å². The van der Waals surface area contributed by atoms with Crippen LogP contribution in [0.25, 0.3) is 6.08 Å². The Morgan fingerprint density at radius 2 is 1.86 bits per heavy atom. The summed E-state index contributed by atoms with van der Waals surface area (Å²) in [6.07, 6.45) is 1.27. The van der Waals surface area contributed by atoms with Crippen LogP contribution < -0.4 is 0 Å². The molecule has 0 spiro atoms. The van der Waals surface area contributed by atoms with E-state index in [2.05, 4.69) is 0 Å². The van der Waals surface area contributed by atoms with Gasteiger partial charge in [-0.3, -0.25) is 19.7 Å². The predicted molar refractivity (Wildman–Crippen MR) is 77.6 cm³/mol. The van der Waals surface area contributed by atoms with Crippen molar-refractivity contribution in [2.75, 3.05) is 0 Å². The standard InChI is InChI=1S/C15H17NO5/c1-10(15(18)9-11(2)21-12(3)17)8-13-4-6-14(7-5-13)16(19)20/h4-8,11H,9H2,1-3H3/b10-8+. The highest BCUT2D eigenvalue weighted by atomic mass is 16.6. The summed E-state index contributed by atoms with van der Waals surface area (Å²) in [6, 6.07) is 5.91. The largest absolute Gasteiger partial charge is 0.462 e. The molecule has 0 fully saturated rings. The van der Waals surface area contributed by atoms with Gasteiger partial charge in [0, 0.05) is 25.5 Å². The van der Waals surface area contributed by atoms with E-state index in [1.54, 1.807) is 32.1 Å². The lowest BCUT2D eigenvalue weighted by atomic mass is 10.0. The van der Waals surface area contributed by atoms with Crippen LogP contribution in [0.2, 0.25) is 0 Å². The molecule has 0 aliphatic heterocycles. The van der Waals surface area contributed by atoms with Crippen molar-refractivity contribution in [1.82, 2.24) is 0 Å². The Balaban J connectivity index is 2.72. The summed E-state index contributed by atoms with van der Waals surface area (Å²) in [5, 5.41) is 10.5. The Hall–Kier alpha value is -2.50. The number of benzene rings is 1. The lowest BCUT2D eigenvalue weighted by Crippen LogP contribution is -2.17. The molecule has 1 aromatic rings. The van der Waals surface area contributed by atoms with Crippen molar-refractivity contribution in [2.24, 2.45) is 0 Å². The highest BCUT2D eigenvalue weighted by molar-refractivity contribution is 5.99. The number of esters is 1. The fraction of sp³-hybridized carbons (Fsp3) is 0.333. The number of rotatable bonds is 6. The molecular formula is C15H17NO5. The van der Waals surface area contributed by atoms with E-state index in [0.717, 1.165) is 0 Å². The van der Waals surface area contributed by atoms with Crippen LogP contribution in [0.1, 0.15) is 32.8 Å². The summed E-state index contributed by atoms with van der Waals surface area (Å²) in [5.74, 6) is -0.561. The molecule has 0 aromatic heterocycles. The molecule has 6 heteroatoms. The van der Waals surface area contributed by atoms with Crippen LogP contribution in [-0.2, 0) is 14.3 Å². The molecule has 0 aliphatic carbocycles. The second-order valence-electron chi connectivity index (χ2n) is 4.72. The van der Waals surface area contributed by atoms with Crippen molar-refractivity contribution >= 4 is 23.5 Å². The molecule has 0 saturated carbocycles. The van der Waals surface area contributed by atoms with Crippen LogP contribution in [0, 0.1) is 10.1 Å². The van der Waals surface area contributed by atoms with Gasteiger partial charge in [0.25, 0.3) is 5.69 Å². The number of Topliss-reactive ketones (excluding diaryl/α,β-unsaturated/α-hetero) is 1. The molecular weight excluding hydrogens is 274 g/mol. The lowest BCUT2D eigenvalue weighted by Gasteiger charge is -2.10.